The molecule has 2 heterocycles. The zero-order valence-corrected chi connectivity index (χ0v) is 14.6. The van der Waals surface area contributed by atoms with E-state index in [1.165, 1.54) is 23.1 Å². The van der Waals surface area contributed by atoms with E-state index in [1.807, 2.05) is 13.8 Å². The van der Waals surface area contributed by atoms with Crippen molar-refractivity contribution in [2.75, 3.05) is 18.0 Å². The number of nitrogens with zero attached hydrogens (tertiary/aromatic N) is 7. The second-order valence-electron chi connectivity index (χ2n) is 6.16. The zero-order valence-electron chi connectivity index (χ0n) is 14.6. The molecule has 1 fully saturated rings. The van der Waals surface area contributed by atoms with E-state index in [1.54, 1.807) is 7.05 Å². The molecule has 3 rings (SSSR count). The van der Waals surface area contributed by atoms with E-state index in [4.69, 9.17) is 13.1 Å². The van der Waals surface area contributed by atoms with Gasteiger partial charge in [0.2, 0.25) is 0 Å². The molecule has 0 aliphatic carbocycles. The van der Waals surface area contributed by atoms with Crippen molar-refractivity contribution in [1.29, 1.82) is 0 Å². The second kappa shape index (κ2) is 6.74. The second-order valence-corrected chi connectivity index (χ2v) is 6.16. The number of aryl methyl sites for hydroxylation is 2. The molecule has 1 aromatic carbocycles. The van der Waals surface area contributed by atoms with Gasteiger partial charge >= 0.3 is 5.95 Å². The molecule has 7 heteroatoms. The lowest BCUT2D eigenvalue weighted by Gasteiger charge is -2.19. The predicted molar refractivity (Wildman–Crippen MR) is 97.3 cm³/mol. The molecule has 0 bridgehead atoms. The molecule has 0 atom stereocenters. The molecule has 0 radical (unpaired) electrons. The Bertz CT molecular complexity index is 895. The first kappa shape index (κ1) is 16.7. The maximum Gasteiger partial charge on any atom is 0.416 e. The topological polar surface area (TPSA) is 54.5 Å². The quantitative estimate of drug-likeness (QED) is 0.576. The summed E-state index contributed by atoms with van der Waals surface area (Å²) in [6.45, 7) is 20.5. The van der Waals surface area contributed by atoms with Gasteiger partial charge in [-0.2, -0.15) is 0 Å². The van der Waals surface area contributed by atoms with Crippen molar-refractivity contribution in [2.24, 2.45) is 17.3 Å². The summed E-state index contributed by atoms with van der Waals surface area (Å²) < 4.78 is 1.49. The van der Waals surface area contributed by atoms with Crippen molar-refractivity contribution < 1.29 is 0 Å². The lowest BCUT2D eigenvalue weighted by atomic mass is 10.1. The number of hydrogen-bond acceptors (Lipinski definition) is 4. The summed E-state index contributed by atoms with van der Waals surface area (Å²) in [5, 5.41) is 8.52. The van der Waals surface area contributed by atoms with Crippen LogP contribution >= 0.6 is 0 Å². The summed E-state index contributed by atoms with van der Waals surface area (Å²) in [6.07, 6.45) is 2.48. The fraction of sp³-hybridized carbons (Fsp3) is 0.389. The smallest absolute Gasteiger partial charge is 0.373 e. The molecule has 1 aromatic heterocycles. The molecule has 1 saturated heterocycles. The Balaban J connectivity index is 1.93. The molecule has 1 aliphatic heterocycles. The average Bonchev–Trinajstić information content (AvgIpc) is 3.22. The van der Waals surface area contributed by atoms with Gasteiger partial charge in [0.15, 0.2) is 0 Å². The number of azo groups is 1. The van der Waals surface area contributed by atoms with Gasteiger partial charge in [0.25, 0.3) is 11.6 Å². The zero-order chi connectivity index (χ0) is 18.0. The highest BCUT2D eigenvalue weighted by atomic mass is 15.3. The molecule has 0 saturated carbocycles. The monoisotopic (exact) mass is 333 g/mol. The Labute approximate surface area is 147 Å². The highest BCUT2D eigenvalue weighted by Crippen LogP contribution is 2.34. The van der Waals surface area contributed by atoms with Crippen LogP contribution in [0.15, 0.2) is 22.4 Å². The van der Waals surface area contributed by atoms with Crippen molar-refractivity contribution in [1.82, 2.24) is 9.55 Å². The molecular weight excluding hydrogens is 314 g/mol. The van der Waals surface area contributed by atoms with Crippen LogP contribution in [0.1, 0.15) is 24.0 Å². The fourth-order valence-electron chi connectivity index (χ4n) is 3.10. The summed E-state index contributed by atoms with van der Waals surface area (Å²) in [6, 6.07) is 4.28. The standard InChI is InChI=1S/C18H19N7/c1-12-10-14(25-8-6-7-9-25)11-13(2)15(12)22-23-18-21-16(19-3)17(20-4)24(18)5/h10-11H,6-9H2,1-2,5H3. The maximum absolute atomic E-state index is 7.16. The van der Waals surface area contributed by atoms with Crippen molar-refractivity contribution in [3.05, 3.63) is 46.1 Å². The SMILES string of the molecule is [C-]#[N+]c1nc(N=Nc2c(C)cc(N3CCCC3)cc2C)n(C)c1[N+]#[C-]. The first-order chi connectivity index (χ1) is 12.0. The Morgan fingerprint density at radius 1 is 1.04 bits per heavy atom. The van der Waals surface area contributed by atoms with Crippen LogP contribution in [0.2, 0.25) is 0 Å². The van der Waals surface area contributed by atoms with Crippen LogP contribution in [0.25, 0.3) is 9.69 Å². The van der Waals surface area contributed by atoms with Crippen molar-refractivity contribution >= 4 is 29.0 Å². The van der Waals surface area contributed by atoms with Gasteiger partial charge in [-0.25, -0.2) is 4.57 Å². The van der Waals surface area contributed by atoms with Crippen LogP contribution in [0.3, 0.4) is 0 Å². The van der Waals surface area contributed by atoms with Gasteiger partial charge in [-0.1, -0.05) is 23.2 Å². The maximum atomic E-state index is 7.16. The minimum absolute atomic E-state index is 0.0595. The summed E-state index contributed by atoms with van der Waals surface area (Å²) in [5.74, 6) is 0.505. The van der Waals surface area contributed by atoms with Crippen LogP contribution in [-0.4, -0.2) is 22.6 Å². The molecule has 1 aliphatic rings. The summed E-state index contributed by atoms with van der Waals surface area (Å²) in [5.41, 5.74) is 4.14. The average molecular weight is 333 g/mol. The number of aromatic nitrogens is 2. The van der Waals surface area contributed by atoms with Crippen LogP contribution in [0.5, 0.6) is 0 Å². The van der Waals surface area contributed by atoms with E-state index < -0.39 is 0 Å². The molecule has 7 nitrogen and oxygen atoms in total. The van der Waals surface area contributed by atoms with Gasteiger partial charge < -0.3 is 14.6 Å². The van der Waals surface area contributed by atoms with Crippen molar-refractivity contribution in [2.45, 2.75) is 26.7 Å². The van der Waals surface area contributed by atoms with Crippen LogP contribution in [0.4, 0.5) is 29.0 Å². The van der Waals surface area contributed by atoms with Gasteiger partial charge in [0.1, 0.15) is 0 Å². The minimum Gasteiger partial charge on any atom is -0.373 e. The third kappa shape index (κ3) is 3.09. The Morgan fingerprint density at radius 3 is 2.20 bits per heavy atom. The van der Waals surface area contributed by atoms with E-state index in [9.17, 15) is 0 Å². The highest BCUT2D eigenvalue weighted by Gasteiger charge is 2.19. The van der Waals surface area contributed by atoms with Gasteiger partial charge in [0.05, 0.1) is 12.7 Å². The van der Waals surface area contributed by atoms with Gasteiger partial charge in [-0.15, -0.1) is 5.11 Å². The predicted octanol–water partition coefficient (Wildman–Crippen LogP) is 5.15. The lowest BCUT2D eigenvalue weighted by molar-refractivity contribution is 0.905. The molecule has 126 valence electrons. The van der Waals surface area contributed by atoms with E-state index in [0.29, 0.717) is 0 Å². The third-order valence-electron chi connectivity index (χ3n) is 4.42. The molecule has 25 heavy (non-hydrogen) atoms. The number of benzene rings is 1. The number of anilines is 1. The summed E-state index contributed by atoms with van der Waals surface area (Å²) in [4.78, 5) is 13.1. The van der Waals surface area contributed by atoms with Crippen molar-refractivity contribution in [3.8, 4) is 0 Å². The highest BCUT2D eigenvalue weighted by molar-refractivity contribution is 5.66. The van der Waals surface area contributed by atoms with Crippen LogP contribution in [0, 0.1) is 27.0 Å². The van der Waals surface area contributed by atoms with Gasteiger partial charge in [-0.3, -0.25) is 0 Å². The van der Waals surface area contributed by atoms with Crippen molar-refractivity contribution in [3.63, 3.8) is 0 Å². The molecule has 0 unspecified atom stereocenters. The number of rotatable bonds is 3. The largest absolute Gasteiger partial charge is 0.416 e. The van der Waals surface area contributed by atoms with E-state index in [0.717, 1.165) is 29.9 Å². The number of hydrogen-bond donors (Lipinski definition) is 0. The molecule has 0 N–H and O–H groups in total. The van der Waals surface area contributed by atoms with Crippen LogP contribution in [-0.2, 0) is 7.05 Å². The molecule has 0 spiro atoms. The fourth-order valence-corrected chi connectivity index (χ4v) is 3.10. The molecular formula is C18H19N7. The minimum atomic E-state index is 0.0595. The summed E-state index contributed by atoms with van der Waals surface area (Å²) >= 11 is 0. The lowest BCUT2D eigenvalue weighted by Crippen LogP contribution is -2.17. The molecule has 0 amide bonds. The van der Waals surface area contributed by atoms with Gasteiger partial charge in [0, 0.05) is 18.8 Å². The van der Waals surface area contributed by atoms with E-state index in [2.05, 4.69) is 41.9 Å². The Hall–Kier alpha value is -3.19. The normalized spacial score (nSPS) is 14.0. The number of imidazole rings is 1. The first-order valence-electron chi connectivity index (χ1n) is 8.14. The Morgan fingerprint density at radius 2 is 1.68 bits per heavy atom. The molecule has 2 aromatic rings. The first-order valence-corrected chi connectivity index (χ1v) is 8.14. The van der Waals surface area contributed by atoms with E-state index in [-0.39, 0.29) is 17.6 Å². The Kier molecular flexibility index (Phi) is 4.49. The van der Waals surface area contributed by atoms with E-state index >= 15 is 0 Å². The van der Waals surface area contributed by atoms with Gasteiger partial charge in [-0.05, 0) is 49.9 Å². The third-order valence-corrected chi connectivity index (χ3v) is 4.42. The summed E-state index contributed by atoms with van der Waals surface area (Å²) in [7, 11) is 1.67. The van der Waals surface area contributed by atoms with Crippen LogP contribution < -0.4 is 4.90 Å².